The van der Waals surface area contributed by atoms with E-state index < -0.39 is 0 Å². The van der Waals surface area contributed by atoms with E-state index in [0.29, 0.717) is 24.2 Å². The second kappa shape index (κ2) is 8.51. The molecule has 0 spiro atoms. The molecule has 1 N–H and O–H groups in total. The summed E-state index contributed by atoms with van der Waals surface area (Å²) in [6, 6.07) is 9.86. The summed E-state index contributed by atoms with van der Waals surface area (Å²) in [6.45, 7) is 7.43. The van der Waals surface area contributed by atoms with E-state index in [1.807, 2.05) is 59.0 Å². The van der Waals surface area contributed by atoms with Gasteiger partial charge in [0, 0.05) is 47.7 Å². The summed E-state index contributed by atoms with van der Waals surface area (Å²) in [7, 11) is 0. The number of nitrogens with one attached hydrogen (secondary N) is 1. The van der Waals surface area contributed by atoms with Gasteiger partial charge in [0.25, 0.3) is 0 Å². The first-order valence-electron chi connectivity index (χ1n) is 11.1. The van der Waals surface area contributed by atoms with E-state index in [1.54, 1.807) is 6.33 Å². The molecule has 0 radical (unpaired) electrons. The molecule has 1 aromatic carbocycles. The molecule has 1 amide bonds. The van der Waals surface area contributed by atoms with Crippen LogP contribution in [0, 0.1) is 5.92 Å². The highest BCUT2D eigenvalue weighted by atomic mass is 35.5. The molecule has 1 fully saturated rings. The lowest BCUT2D eigenvalue weighted by Crippen LogP contribution is -2.54. The fourth-order valence-corrected chi connectivity index (χ4v) is 4.20. The molecule has 0 bridgehead atoms. The van der Waals surface area contributed by atoms with Gasteiger partial charge in [0.2, 0.25) is 5.91 Å². The van der Waals surface area contributed by atoms with Crippen LogP contribution in [0.4, 0.5) is 5.82 Å². The average molecular weight is 464 g/mol. The van der Waals surface area contributed by atoms with Crippen molar-refractivity contribution in [2.45, 2.75) is 32.9 Å². The number of halogens is 1. The quantitative estimate of drug-likeness (QED) is 0.464. The van der Waals surface area contributed by atoms with E-state index in [-0.39, 0.29) is 17.9 Å². The SMILES string of the molecule is CC(C)n1cc(-c2cc3c(N4CC(C(=O)N[C@@H](C)c5ccc(Cl)cc5)C4)ncnn3c2)cn1. The second-order valence-corrected chi connectivity index (χ2v) is 9.27. The van der Waals surface area contributed by atoms with Gasteiger partial charge in [-0.25, -0.2) is 9.50 Å². The number of benzene rings is 1. The third kappa shape index (κ3) is 4.18. The third-order valence-electron chi connectivity index (χ3n) is 6.13. The molecular weight excluding hydrogens is 438 g/mol. The minimum absolute atomic E-state index is 0.0518. The number of carbonyl (C=O) groups is 1. The average Bonchev–Trinajstić information content (AvgIpc) is 3.41. The van der Waals surface area contributed by atoms with Crippen LogP contribution in [-0.4, -0.2) is 43.4 Å². The van der Waals surface area contributed by atoms with Crippen LogP contribution in [0.15, 0.2) is 55.2 Å². The number of aromatic nitrogens is 5. The molecule has 0 aliphatic carbocycles. The summed E-state index contributed by atoms with van der Waals surface area (Å²) < 4.78 is 3.77. The molecule has 4 heterocycles. The van der Waals surface area contributed by atoms with E-state index in [9.17, 15) is 4.79 Å². The monoisotopic (exact) mass is 463 g/mol. The minimum atomic E-state index is -0.0755. The fourth-order valence-electron chi connectivity index (χ4n) is 4.07. The number of hydrogen-bond acceptors (Lipinski definition) is 5. The van der Waals surface area contributed by atoms with Crippen LogP contribution in [0.2, 0.25) is 5.02 Å². The number of anilines is 1. The highest BCUT2D eigenvalue weighted by Crippen LogP contribution is 2.31. The van der Waals surface area contributed by atoms with Crippen LogP contribution in [0.25, 0.3) is 16.6 Å². The second-order valence-electron chi connectivity index (χ2n) is 8.83. The summed E-state index contributed by atoms with van der Waals surface area (Å²) in [6.07, 6.45) is 7.45. The molecule has 1 aliphatic heterocycles. The van der Waals surface area contributed by atoms with Gasteiger partial charge in [-0.2, -0.15) is 10.2 Å². The molecule has 4 aromatic rings. The number of nitrogens with zero attached hydrogens (tertiary/aromatic N) is 6. The zero-order chi connectivity index (χ0) is 23.1. The zero-order valence-electron chi connectivity index (χ0n) is 18.8. The van der Waals surface area contributed by atoms with Crippen molar-refractivity contribution in [1.29, 1.82) is 0 Å². The maximum atomic E-state index is 12.8. The molecule has 1 aliphatic rings. The molecule has 8 nitrogen and oxygen atoms in total. The Kier molecular flexibility index (Phi) is 5.54. The largest absolute Gasteiger partial charge is 0.353 e. The predicted octanol–water partition coefficient (Wildman–Crippen LogP) is 4.14. The van der Waals surface area contributed by atoms with Crippen LogP contribution < -0.4 is 10.2 Å². The molecular formula is C24H26ClN7O. The molecule has 0 saturated carbocycles. The van der Waals surface area contributed by atoms with Gasteiger partial charge in [0.1, 0.15) is 11.8 Å². The summed E-state index contributed by atoms with van der Waals surface area (Å²) >= 11 is 5.96. The van der Waals surface area contributed by atoms with Crippen molar-refractivity contribution in [3.8, 4) is 11.1 Å². The first kappa shape index (κ1) is 21.5. The van der Waals surface area contributed by atoms with E-state index in [2.05, 4.69) is 45.3 Å². The first-order valence-corrected chi connectivity index (χ1v) is 11.5. The van der Waals surface area contributed by atoms with Crippen molar-refractivity contribution < 1.29 is 4.79 Å². The van der Waals surface area contributed by atoms with Crippen molar-refractivity contribution in [2.24, 2.45) is 5.92 Å². The summed E-state index contributed by atoms with van der Waals surface area (Å²) in [5.41, 5.74) is 4.02. The maximum Gasteiger partial charge on any atom is 0.227 e. The smallest absolute Gasteiger partial charge is 0.227 e. The van der Waals surface area contributed by atoms with Crippen molar-refractivity contribution in [3.05, 3.63) is 65.8 Å². The topological polar surface area (TPSA) is 80.4 Å². The zero-order valence-corrected chi connectivity index (χ0v) is 19.6. The molecule has 9 heteroatoms. The van der Waals surface area contributed by atoms with Gasteiger partial charge in [-0.3, -0.25) is 9.48 Å². The summed E-state index contributed by atoms with van der Waals surface area (Å²) in [5.74, 6) is 0.812. The van der Waals surface area contributed by atoms with Gasteiger partial charge >= 0.3 is 0 Å². The Labute approximate surface area is 197 Å². The molecule has 1 atom stereocenters. The third-order valence-corrected chi connectivity index (χ3v) is 6.38. The lowest BCUT2D eigenvalue weighted by Gasteiger charge is -2.39. The Morgan fingerprint density at radius 1 is 1.09 bits per heavy atom. The van der Waals surface area contributed by atoms with Gasteiger partial charge in [-0.15, -0.1) is 0 Å². The molecule has 0 unspecified atom stereocenters. The van der Waals surface area contributed by atoms with E-state index in [1.165, 1.54) is 0 Å². The van der Waals surface area contributed by atoms with Gasteiger partial charge in [-0.05, 0) is 44.5 Å². The van der Waals surface area contributed by atoms with E-state index in [0.717, 1.165) is 28.0 Å². The lowest BCUT2D eigenvalue weighted by atomic mass is 9.98. The van der Waals surface area contributed by atoms with Crippen molar-refractivity contribution in [1.82, 2.24) is 29.7 Å². The minimum Gasteiger partial charge on any atom is -0.353 e. The van der Waals surface area contributed by atoms with Crippen LogP contribution in [0.3, 0.4) is 0 Å². The summed E-state index contributed by atoms with van der Waals surface area (Å²) in [5, 5.41) is 12.6. The highest BCUT2D eigenvalue weighted by molar-refractivity contribution is 6.30. The predicted molar refractivity (Wildman–Crippen MR) is 128 cm³/mol. The molecule has 170 valence electrons. The van der Waals surface area contributed by atoms with E-state index in [4.69, 9.17) is 11.6 Å². The van der Waals surface area contributed by atoms with Gasteiger partial charge in [0.15, 0.2) is 5.82 Å². The van der Waals surface area contributed by atoms with Crippen molar-refractivity contribution >= 4 is 28.8 Å². The van der Waals surface area contributed by atoms with Crippen LogP contribution in [-0.2, 0) is 4.79 Å². The Morgan fingerprint density at radius 2 is 1.85 bits per heavy atom. The van der Waals surface area contributed by atoms with Gasteiger partial charge < -0.3 is 10.2 Å². The Balaban J connectivity index is 1.27. The van der Waals surface area contributed by atoms with Crippen LogP contribution in [0.1, 0.15) is 38.4 Å². The van der Waals surface area contributed by atoms with E-state index >= 15 is 0 Å². The number of carbonyl (C=O) groups excluding carboxylic acids is 1. The number of rotatable bonds is 6. The number of fused-ring (bicyclic) bond motifs is 1. The highest BCUT2D eigenvalue weighted by Gasteiger charge is 2.35. The normalized spacial score (nSPS) is 15.1. The molecule has 33 heavy (non-hydrogen) atoms. The number of amides is 1. The van der Waals surface area contributed by atoms with Gasteiger partial charge in [0.05, 0.1) is 18.2 Å². The van der Waals surface area contributed by atoms with Crippen LogP contribution in [0.5, 0.6) is 0 Å². The Morgan fingerprint density at radius 3 is 2.55 bits per heavy atom. The van der Waals surface area contributed by atoms with Crippen LogP contribution >= 0.6 is 11.6 Å². The summed E-state index contributed by atoms with van der Waals surface area (Å²) in [4.78, 5) is 19.4. The Bertz CT molecular complexity index is 1290. The Hall–Kier alpha value is -3.39. The lowest BCUT2D eigenvalue weighted by molar-refractivity contribution is -0.126. The molecule has 5 rings (SSSR count). The first-order chi connectivity index (χ1) is 15.9. The maximum absolute atomic E-state index is 12.8. The van der Waals surface area contributed by atoms with Crippen molar-refractivity contribution in [3.63, 3.8) is 0 Å². The number of hydrogen-bond donors (Lipinski definition) is 1. The van der Waals surface area contributed by atoms with Crippen molar-refractivity contribution in [2.75, 3.05) is 18.0 Å². The molecule has 1 saturated heterocycles. The van der Waals surface area contributed by atoms with Gasteiger partial charge in [-0.1, -0.05) is 23.7 Å². The fraction of sp³-hybridized carbons (Fsp3) is 0.333. The standard InChI is InChI=1S/C24H26ClN7O/c1-15(2)31-13-19(9-27-31)18-8-22-23(26-14-28-32(22)12-18)30-10-20(11-30)24(33)29-16(3)17-4-6-21(25)7-5-17/h4-9,12-16,20H,10-11H2,1-3H3,(H,29,33)/t16-/m0/s1. The molecule has 3 aromatic heterocycles.